The third-order valence-electron chi connectivity index (χ3n) is 2.16. The molecule has 0 radical (unpaired) electrons. The van der Waals surface area contributed by atoms with Crippen LogP contribution in [0.1, 0.15) is 27.7 Å². The molecule has 0 saturated carbocycles. The monoisotopic (exact) mass is 289 g/mol. The van der Waals surface area contributed by atoms with E-state index in [-0.39, 0.29) is 12.0 Å². The number of ether oxygens (including phenoxy) is 2. The lowest BCUT2D eigenvalue weighted by atomic mass is 9.97. The molecule has 1 aromatic rings. The van der Waals surface area contributed by atoms with Crippen LogP contribution in [0, 0.1) is 5.41 Å². The second-order valence-electron chi connectivity index (χ2n) is 5.46. The molecule has 0 aliphatic rings. The maximum absolute atomic E-state index is 9.79. The smallest absolute Gasteiger partial charge is 0.291 e. The number of hydrogen-bond donors (Lipinski definition) is 2. The van der Waals surface area contributed by atoms with Gasteiger partial charge in [0.25, 0.3) is 11.8 Å². The minimum Gasteiger partial charge on any atom is -0.473 e. The van der Waals surface area contributed by atoms with Crippen LogP contribution in [-0.4, -0.2) is 46.3 Å². The number of aromatic nitrogens is 2. The van der Waals surface area contributed by atoms with Gasteiger partial charge in [0.05, 0.1) is 18.3 Å². The van der Waals surface area contributed by atoms with Crippen LogP contribution in [0.15, 0.2) is 0 Å². The van der Waals surface area contributed by atoms with Crippen molar-refractivity contribution in [2.24, 2.45) is 5.41 Å². The van der Waals surface area contributed by atoms with Crippen molar-refractivity contribution in [3.63, 3.8) is 0 Å². The fraction of sp³-hybridized carbons (Fsp3) is 0.833. The Hall–Kier alpha value is -0.920. The molecular formula is C12H23N3O3S. The zero-order valence-electron chi connectivity index (χ0n) is 12.0. The van der Waals surface area contributed by atoms with Crippen LogP contribution in [-0.2, 0) is 0 Å². The summed E-state index contributed by atoms with van der Waals surface area (Å²) >= 11 is 1.03. The largest absolute Gasteiger partial charge is 0.473 e. The molecule has 110 valence electrons. The van der Waals surface area contributed by atoms with Gasteiger partial charge in [-0.1, -0.05) is 20.8 Å². The number of rotatable bonds is 8. The highest BCUT2D eigenvalue weighted by Crippen LogP contribution is 2.23. The van der Waals surface area contributed by atoms with Gasteiger partial charge in [0.15, 0.2) is 0 Å². The van der Waals surface area contributed by atoms with Crippen LogP contribution >= 0.6 is 11.7 Å². The first-order valence-electron chi connectivity index (χ1n) is 6.39. The molecule has 0 bridgehead atoms. The average Bonchev–Trinajstić information content (AvgIpc) is 2.73. The predicted octanol–water partition coefficient (Wildman–Crippen LogP) is 1.31. The molecule has 2 N–H and O–H groups in total. The topological polar surface area (TPSA) is 76.5 Å². The second kappa shape index (κ2) is 7.62. The highest BCUT2D eigenvalue weighted by Gasteiger charge is 2.14. The number of aliphatic hydroxyl groups excluding tert-OH is 1. The van der Waals surface area contributed by atoms with E-state index in [0.717, 1.165) is 18.3 Å². The quantitative estimate of drug-likeness (QED) is 0.751. The first-order chi connectivity index (χ1) is 8.92. The predicted molar refractivity (Wildman–Crippen MR) is 74.9 cm³/mol. The van der Waals surface area contributed by atoms with E-state index in [9.17, 15) is 5.11 Å². The molecule has 1 heterocycles. The highest BCUT2D eigenvalue weighted by molar-refractivity contribution is 6.99. The van der Waals surface area contributed by atoms with Crippen molar-refractivity contribution in [1.29, 1.82) is 0 Å². The average molecular weight is 289 g/mol. The van der Waals surface area contributed by atoms with Gasteiger partial charge in [0, 0.05) is 13.1 Å². The van der Waals surface area contributed by atoms with Crippen molar-refractivity contribution in [3.8, 4) is 11.8 Å². The van der Waals surface area contributed by atoms with E-state index in [0.29, 0.717) is 24.9 Å². The Bertz CT molecular complexity index is 365. The summed E-state index contributed by atoms with van der Waals surface area (Å²) < 4.78 is 18.6. The summed E-state index contributed by atoms with van der Waals surface area (Å²) in [6.07, 6.45) is -0.585. The van der Waals surface area contributed by atoms with Gasteiger partial charge in [0.1, 0.15) is 12.7 Å². The highest BCUT2D eigenvalue weighted by atomic mass is 32.1. The molecule has 0 fully saturated rings. The maximum Gasteiger partial charge on any atom is 0.291 e. The van der Waals surface area contributed by atoms with Gasteiger partial charge >= 0.3 is 0 Å². The lowest BCUT2D eigenvalue weighted by Gasteiger charge is -2.20. The van der Waals surface area contributed by atoms with Crippen molar-refractivity contribution in [2.45, 2.75) is 33.8 Å². The summed E-state index contributed by atoms with van der Waals surface area (Å²) in [5.41, 5.74) is 0.196. The van der Waals surface area contributed by atoms with Gasteiger partial charge in [0.2, 0.25) is 0 Å². The van der Waals surface area contributed by atoms with Crippen molar-refractivity contribution < 1.29 is 14.6 Å². The molecule has 0 spiro atoms. The van der Waals surface area contributed by atoms with E-state index in [1.165, 1.54) is 0 Å². The van der Waals surface area contributed by atoms with Crippen molar-refractivity contribution in [2.75, 3.05) is 26.3 Å². The van der Waals surface area contributed by atoms with E-state index in [2.05, 4.69) is 34.8 Å². The number of aliphatic hydroxyl groups is 1. The van der Waals surface area contributed by atoms with Gasteiger partial charge < -0.3 is 19.9 Å². The Balaban J connectivity index is 2.26. The second-order valence-corrected chi connectivity index (χ2v) is 5.99. The standard InChI is InChI=1S/C12H23N3O3S/c1-5-17-10-11(15-19-14-10)18-7-9(16)6-13-8-12(2,3)4/h9,13,16H,5-8H2,1-4H3/t9-/m0/s1. The Morgan fingerprint density at radius 3 is 2.47 bits per heavy atom. The summed E-state index contributed by atoms with van der Waals surface area (Å²) in [5, 5.41) is 13.0. The zero-order chi connectivity index (χ0) is 14.3. The molecular weight excluding hydrogens is 266 g/mol. The molecule has 1 rings (SSSR count). The molecule has 6 nitrogen and oxygen atoms in total. The van der Waals surface area contributed by atoms with E-state index in [1.54, 1.807) is 0 Å². The zero-order valence-corrected chi connectivity index (χ0v) is 12.8. The van der Waals surface area contributed by atoms with Gasteiger partial charge in [-0.2, -0.15) is 0 Å². The number of hydrogen-bond acceptors (Lipinski definition) is 7. The summed E-state index contributed by atoms with van der Waals surface area (Å²) in [7, 11) is 0. The van der Waals surface area contributed by atoms with Gasteiger partial charge in [-0.3, -0.25) is 0 Å². The molecule has 0 aliphatic heterocycles. The van der Waals surface area contributed by atoms with E-state index in [1.807, 2.05) is 6.92 Å². The SMILES string of the molecule is CCOc1nsnc1OC[C@@H](O)CNCC(C)(C)C. The van der Waals surface area contributed by atoms with Crippen molar-refractivity contribution in [1.82, 2.24) is 14.1 Å². The van der Waals surface area contributed by atoms with Gasteiger partial charge in [-0.05, 0) is 12.3 Å². The molecule has 1 aromatic heterocycles. The van der Waals surface area contributed by atoms with Crippen LogP contribution in [0.3, 0.4) is 0 Å². The summed E-state index contributed by atoms with van der Waals surface area (Å²) in [6.45, 7) is 10.3. The van der Waals surface area contributed by atoms with Gasteiger partial charge in [-0.25, -0.2) is 0 Å². The minimum atomic E-state index is -0.585. The Morgan fingerprint density at radius 2 is 1.89 bits per heavy atom. The van der Waals surface area contributed by atoms with Crippen LogP contribution in [0.4, 0.5) is 0 Å². The molecule has 0 saturated heterocycles. The molecule has 0 aromatic carbocycles. The Labute approximate surface area is 118 Å². The van der Waals surface area contributed by atoms with Gasteiger partial charge in [-0.15, -0.1) is 8.75 Å². The van der Waals surface area contributed by atoms with Crippen LogP contribution in [0.5, 0.6) is 11.8 Å². The summed E-state index contributed by atoms with van der Waals surface area (Å²) in [6, 6.07) is 0. The van der Waals surface area contributed by atoms with E-state index >= 15 is 0 Å². The molecule has 19 heavy (non-hydrogen) atoms. The minimum absolute atomic E-state index is 0.169. The number of nitrogens with zero attached hydrogens (tertiary/aromatic N) is 2. The van der Waals surface area contributed by atoms with Crippen molar-refractivity contribution >= 4 is 11.7 Å². The first-order valence-corrected chi connectivity index (χ1v) is 7.12. The van der Waals surface area contributed by atoms with E-state index in [4.69, 9.17) is 9.47 Å². The number of nitrogens with one attached hydrogen (secondary N) is 1. The summed E-state index contributed by atoms with van der Waals surface area (Å²) in [4.78, 5) is 0. The first kappa shape index (κ1) is 16.1. The van der Waals surface area contributed by atoms with Crippen LogP contribution < -0.4 is 14.8 Å². The van der Waals surface area contributed by atoms with Crippen LogP contribution in [0.25, 0.3) is 0 Å². The molecule has 1 atom stereocenters. The Kier molecular flexibility index (Phi) is 6.47. The molecule has 0 aliphatic carbocycles. The Morgan fingerprint density at radius 1 is 1.26 bits per heavy atom. The molecule has 7 heteroatoms. The molecule has 0 unspecified atom stereocenters. The third kappa shape index (κ3) is 6.70. The lowest BCUT2D eigenvalue weighted by molar-refractivity contribution is 0.0996. The fourth-order valence-electron chi connectivity index (χ4n) is 1.33. The van der Waals surface area contributed by atoms with Crippen LogP contribution in [0.2, 0.25) is 0 Å². The van der Waals surface area contributed by atoms with E-state index < -0.39 is 6.10 Å². The maximum atomic E-state index is 9.79. The van der Waals surface area contributed by atoms with Crippen molar-refractivity contribution in [3.05, 3.63) is 0 Å². The summed E-state index contributed by atoms with van der Waals surface area (Å²) in [5.74, 6) is 0.740. The normalized spacial score (nSPS) is 13.3. The molecule has 0 amide bonds. The fourth-order valence-corrected chi connectivity index (χ4v) is 1.78. The third-order valence-corrected chi connectivity index (χ3v) is 2.65. The lowest BCUT2D eigenvalue weighted by Crippen LogP contribution is -2.36.